The van der Waals surface area contributed by atoms with Gasteiger partial charge in [0.15, 0.2) is 0 Å². The van der Waals surface area contributed by atoms with Crippen LogP contribution in [0.5, 0.6) is 0 Å². The van der Waals surface area contributed by atoms with Crippen molar-refractivity contribution in [1.29, 1.82) is 0 Å². The van der Waals surface area contributed by atoms with Crippen LogP contribution < -0.4 is 5.32 Å². The summed E-state index contributed by atoms with van der Waals surface area (Å²) in [5.74, 6) is -1.29. The summed E-state index contributed by atoms with van der Waals surface area (Å²) >= 11 is 1.19. The first-order chi connectivity index (χ1) is 9.86. The average molecular weight is 319 g/mol. The van der Waals surface area contributed by atoms with Crippen molar-refractivity contribution in [3.05, 3.63) is 34.6 Å². The SMILES string of the molecule is CCC(NC)c1nnc(-c2ccc(F)c(C(F)(F)F)c2)s1. The largest absolute Gasteiger partial charge is 0.419 e. The van der Waals surface area contributed by atoms with Gasteiger partial charge < -0.3 is 5.32 Å². The highest BCUT2D eigenvalue weighted by molar-refractivity contribution is 7.14. The predicted molar refractivity (Wildman–Crippen MR) is 72.4 cm³/mol. The number of aromatic nitrogens is 2. The second-order valence-corrected chi connectivity index (χ2v) is 5.40. The topological polar surface area (TPSA) is 37.8 Å². The van der Waals surface area contributed by atoms with Crippen molar-refractivity contribution in [3.8, 4) is 10.6 Å². The van der Waals surface area contributed by atoms with E-state index in [0.29, 0.717) is 10.0 Å². The minimum atomic E-state index is -4.73. The fourth-order valence-electron chi connectivity index (χ4n) is 1.87. The summed E-state index contributed by atoms with van der Waals surface area (Å²) < 4.78 is 51.4. The van der Waals surface area contributed by atoms with Crippen LogP contribution in [0.3, 0.4) is 0 Å². The van der Waals surface area contributed by atoms with Crippen LogP contribution >= 0.6 is 11.3 Å². The standard InChI is InChI=1S/C13H13F4N3S/c1-3-10(18-2)12-20-19-11(21-12)7-4-5-9(14)8(6-7)13(15,16)17/h4-6,10,18H,3H2,1-2H3. The van der Waals surface area contributed by atoms with Crippen molar-refractivity contribution < 1.29 is 17.6 Å². The predicted octanol–water partition coefficient (Wildman–Crippen LogP) is 4.03. The Labute approximate surface area is 123 Å². The lowest BCUT2D eigenvalue weighted by Gasteiger charge is -2.09. The average Bonchev–Trinajstić information content (AvgIpc) is 2.89. The van der Waals surface area contributed by atoms with Gasteiger partial charge in [-0.15, -0.1) is 10.2 Å². The molecule has 1 heterocycles. The van der Waals surface area contributed by atoms with Gasteiger partial charge in [0.1, 0.15) is 15.8 Å². The maximum absolute atomic E-state index is 13.3. The molecule has 8 heteroatoms. The molecule has 0 saturated heterocycles. The van der Waals surface area contributed by atoms with Gasteiger partial charge in [-0.3, -0.25) is 0 Å². The molecular formula is C13H13F4N3S. The van der Waals surface area contributed by atoms with E-state index in [1.54, 1.807) is 7.05 Å². The highest BCUT2D eigenvalue weighted by atomic mass is 32.1. The number of halogens is 4. The molecule has 0 fully saturated rings. The van der Waals surface area contributed by atoms with Gasteiger partial charge in [-0.25, -0.2) is 4.39 Å². The quantitative estimate of drug-likeness (QED) is 0.865. The van der Waals surface area contributed by atoms with E-state index in [-0.39, 0.29) is 11.6 Å². The monoisotopic (exact) mass is 319 g/mol. The van der Waals surface area contributed by atoms with E-state index in [9.17, 15) is 17.6 Å². The number of nitrogens with zero attached hydrogens (tertiary/aromatic N) is 2. The van der Waals surface area contributed by atoms with Gasteiger partial charge in [-0.05, 0) is 31.7 Å². The van der Waals surface area contributed by atoms with Crippen molar-refractivity contribution >= 4 is 11.3 Å². The highest BCUT2D eigenvalue weighted by Crippen LogP contribution is 2.35. The number of nitrogens with one attached hydrogen (secondary N) is 1. The molecule has 0 amide bonds. The van der Waals surface area contributed by atoms with Crippen LogP contribution in [-0.2, 0) is 6.18 Å². The molecule has 0 saturated carbocycles. The second-order valence-electron chi connectivity index (χ2n) is 4.39. The summed E-state index contributed by atoms with van der Waals surface area (Å²) in [5, 5.41) is 11.9. The van der Waals surface area contributed by atoms with E-state index in [1.165, 1.54) is 17.4 Å². The minimum Gasteiger partial charge on any atom is -0.311 e. The lowest BCUT2D eigenvalue weighted by atomic mass is 10.1. The van der Waals surface area contributed by atoms with Gasteiger partial charge in [0, 0.05) is 5.56 Å². The second kappa shape index (κ2) is 6.07. The van der Waals surface area contributed by atoms with Gasteiger partial charge in [0.25, 0.3) is 0 Å². The molecule has 1 N–H and O–H groups in total. The molecule has 0 aliphatic rings. The Morgan fingerprint density at radius 2 is 2.00 bits per heavy atom. The molecular weight excluding hydrogens is 306 g/mol. The van der Waals surface area contributed by atoms with Crippen LogP contribution in [0, 0.1) is 5.82 Å². The highest BCUT2D eigenvalue weighted by Gasteiger charge is 2.34. The lowest BCUT2D eigenvalue weighted by Crippen LogP contribution is -2.14. The molecule has 2 rings (SSSR count). The molecule has 3 nitrogen and oxygen atoms in total. The summed E-state index contributed by atoms with van der Waals surface area (Å²) in [6, 6.07) is 2.84. The van der Waals surface area contributed by atoms with E-state index in [4.69, 9.17) is 0 Å². The van der Waals surface area contributed by atoms with Gasteiger partial charge in [0.2, 0.25) is 0 Å². The van der Waals surface area contributed by atoms with Gasteiger partial charge >= 0.3 is 6.18 Å². The van der Waals surface area contributed by atoms with Crippen molar-refractivity contribution in [3.63, 3.8) is 0 Å². The van der Waals surface area contributed by atoms with Crippen LogP contribution in [0.4, 0.5) is 17.6 Å². The van der Waals surface area contributed by atoms with Gasteiger partial charge in [-0.2, -0.15) is 13.2 Å². The number of rotatable bonds is 4. The first-order valence-electron chi connectivity index (χ1n) is 6.24. The van der Waals surface area contributed by atoms with Gasteiger partial charge in [-0.1, -0.05) is 18.3 Å². The smallest absolute Gasteiger partial charge is 0.311 e. The molecule has 2 aromatic rings. The molecule has 114 valence electrons. The number of hydrogen-bond acceptors (Lipinski definition) is 4. The third-order valence-corrected chi connectivity index (χ3v) is 4.10. The van der Waals surface area contributed by atoms with E-state index in [1.807, 2.05) is 6.92 Å². The minimum absolute atomic E-state index is 0.00113. The summed E-state index contributed by atoms with van der Waals surface area (Å²) in [7, 11) is 1.77. The Balaban J connectivity index is 2.39. The maximum Gasteiger partial charge on any atom is 0.419 e. The molecule has 0 aliphatic carbocycles. The zero-order valence-electron chi connectivity index (χ0n) is 11.3. The Hall–Kier alpha value is -1.54. The van der Waals surface area contributed by atoms with E-state index in [2.05, 4.69) is 15.5 Å². The number of alkyl halides is 3. The molecule has 1 aromatic heterocycles. The number of hydrogen-bond donors (Lipinski definition) is 1. The molecule has 1 atom stereocenters. The first kappa shape index (κ1) is 15.8. The van der Waals surface area contributed by atoms with Crippen LogP contribution in [0.2, 0.25) is 0 Å². The fraction of sp³-hybridized carbons (Fsp3) is 0.385. The van der Waals surface area contributed by atoms with Crippen molar-refractivity contribution in [2.45, 2.75) is 25.6 Å². The Morgan fingerprint density at radius 3 is 2.57 bits per heavy atom. The summed E-state index contributed by atoms with van der Waals surface area (Å²) in [6.45, 7) is 1.96. The van der Waals surface area contributed by atoms with Crippen molar-refractivity contribution in [1.82, 2.24) is 15.5 Å². The first-order valence-corrected chi connectivity index (χ1v) is 7.06. The zero-order chi connectivity index (χ0) is 15.6. The van der Waals surface area contributed by atoms with Crippen molar-refractivity contribution in [2.75, 3.05) is 7.05 Å². The Morgan fingerprint density at radius 1 is 1.29 bits per heavy atom. The lowest BCUT2D eigenvalue weighted by molar-refractivity contribution is -0.139. The van der Waals surface area contributed by atoms with Crippen LogP contribution in [0.25, 0.3) is 10.6 Å². The molecule has 21 heavy (non-hydrogen) atoms. The molecule has 0 spiro atoms. The Kier molecular flexibility index (Phi) is 4.58. The van der Waals surface area contributed by atoms with Gasteiger partial charge in [0.05, 0.1) is 11.6 Å². The summed E-state index contributed by atoms with van der Waals surface area (Å²) in [4.78, 5) is 0. The number of benzene rings is 1. The van der Waals surface area contributed by atoms with E-state index in [0.717, 1.165) is 18.6 Å². The van der Waals surface area contributed by atoms with Crippen LogP contribution in [0.1, 0.15) is 30.0 Å². The molecule has 1 unspecified atom stereocenters. The molecule has 1 aromatic carbocycles. The Bertz CT molecular complexity index is 620. The van der Waals surface area contributed by atoms with Crippen molar-refractivity contribution in [2.24, 2.45) is 0 Å². The zero-order valence-corrected chi connectivity index (χ0v) is 12.1. The van der Waals surface area contributed by atoms with E-state index >= 15 is 0 Å². The fourth-order valence-corrected chi connectivity index (χ4v) is 2.90. The summed E-state index contributed by atoms with van der Waals surface area (Å²) in [6.07, 6.45) is -3.95. The maximum atomic E-state index is 13.3. The normalized spacial score (nSPS) is 13.4. The third-order valence-electron chi connectivity index (χ3n) is 3.01. The molecule has 0 bridgehead atoms. The van der Waals surface area contributed by atoms with Crippen LogP contribution in [0.15, 0.2) is 18.2 Å². The molecule has 0 aliphatic heterocycles. The van der Waals surface area contributed by atoms with Crippen LogP contribution in [-0.4, -0.2) is 17.2 Å². The summed E-state index contributed by atoms with van der Waals surface area (Å²) in [5.41, 5.74) is -1.09. The third kappa shape index (κ3) is 3.38. The van der Waals surface area contributed by atoms with E-state index < -0.39 is 17.6 Å². The molecule has 0 radical (unpaired) electrons.